The summed E-state index contributed by atoms with van der Waals surface area (Å²) in [5, 5.41) is 3.16. The largest absolute Gasteiger partial charge is 0.379 e. The van der Waals surface area contributed by atoms with Gasteiger partial charge in [0.05, 0.1) is 13.2 Å². The molecule has 0 unspecified atom stereocenters. The lowest BCUT2D eigenvalue weighted by Gasteiger charge is -2.10. The number of ether oxygens (including phenoxy) is 1. The maximum atomic E-state index is 5.01. The van der Waals surface area contributed by atoms with Crippen LogP contribution < -0.4 is 5.32 Å². The van der Waals surface area contributed by atoms with Crippen molar-refractivity contribution >= 4 is 0 Å². The van der Waals surface area contributed by atoms with E-state index in [1.54, 1.807) is 0 Å². The molecule has 0 amide bonds. The Morgan fingerprint density at radius 3 is 2.17 bits per heavy atom. The van der Waals surface area contributed by atoms with Gasteiger partial charge in [-0.05, 0) is 0 Å². The van der Waals surface area contributed by atoms with Crippen LogP contribution in [0.1, 0.15) is 1.43 Å². The summed E-state index contributed by atoms with van der Waals surface area (Å²) in [5.74, 6) is 0. The lowest BCUT2D eigenvalue weighted by Crippen LogP contribution is -2.30. The maximum absolute atomic E-state index is 5.01. The molecule has 0 aromatic rings. The van der Waals surface area contributed by atoms with Crippen LogP contribution >= 0.6 is 0 Å². The fraction of sp³-hybridized carbons (Fsp3) is 1.00. The zero-order valence-electron chi connectivity index (χ0n) is 3.74. The minimum atomic E-state index is 0. The Morgan fingerprint density at radius 2 is 2.00 bits per heavy atom. The molecule has 6 heavy (non-hydrogen) atoms. The Bertz CT molecular complexity index is 27.2. The predicted molar refractivity (Wildman–Crippen MR) is 25.8 cm³/mol. The zero-order chi connectivity index (χ0) is 4.24. The normalized spacial score (nSPS) is 24.0. The van der Waals surface area contributed by atoms with Crippen LogP contribution in [0.5, 0.6) is 0 Å². The van der Waals surface area contributed by atoms with Crippen molar-refractivity contribution in [3.63, 3.8) is 0 Å². The van der Waals surface area contributed by atoms with E-state index in [9.17, 15) is 0 Å². The lowest BCUT2D eigenvalue weighted by molar-refractivity contribution is 0.109. The highest BCUT2D eigenvalue weighted by atomic mass is 16.5. The number of rotatable bonds is 0. The van der Waals surface area contributed by atoms with Crippen LogP contribution in [0.3, 0.4) is 0 Å². The first-order chi connectivity index (χ1) is 3.00. The monoisotopic (exact) mass is 89.1 g/mol. The topological polar surface area (TPSA) is 21.3 Å². The molecule has 2 heteroatoms. The summed E-state index contributed by atoms with van der Waals surface area (Å²) in [6, 6.07) is 0. The molecule has 0 saturated carbocycles. The Labute approximate surface area is 39.0 Å². The SMILES string of the molecule is C1COCCN1.[HH]. The van der Waals surface area contributed by atoms with E-state index in [1.165, 1.54) is 0 Å². The maximum Gasteiger partial charge on any atom is 0.0591 e. The number of hydrogen-bond acceptors (Lipinski definition) is 2. The van der Waals surface area contributed by atoms with Gasteiger partial charge in [-0.2, -0.15) is 0 Å². The molecule has 1 N–H and O–H groups in total. The second-order valence-electron chi connectivity index (χ2n) is 1.36. The van der Waals surface area contributed by atoms with Crippen LogP contribution in [0.25, 0.3) is 0 Å². The first kappa shape index (κ1) is 4.09. The fourth-order valence-corrected chi connectivity index (χ4v) is 0.516. The molecular formula is C4H11NO. The molecule has 0 radical (unpaired) electrons. The highest BCUT2D eigenvalue weighted by Crippen LogP contribution is 1.76. The summed E-state index contributed by atoms with van der Waals surface area (Å²) in [5.41, 5.74) is 0. The Hall–Kier alpha value is -0.0800. The van der Waals surface area contributed by atoms with E-state index in [-0.39, 0.29) is 1.43 Å². The Kier molecular flexibility index (Phi) is 1.47. The van der Waals surface area contributed by atoms with E-state index < -0.39 is 0 Å². The molecule has 1 fully saturated rings. The van der Waals surface area contributed by atoms with Crippen LogP contribution in [0.2, 0.25) is 0 Å². The summed E-state index contributed by atoms with van der Waals surface area (Å²) >= 11 is 0. The zero-order valence-corrected chi connectivity index (χ0v) is 3.74. The molecule has 0 aromatic carbocycles. The van der Waals surface area contributed by atoms with Gasteiger partial charge in [0.1, 0.15) is 0 Å². The first-order valence-corrected chi connectivity index (χ1v) is 2.28. The van der Waals surface area contributed by atoms with Crippen molar-refractivity contribution in [2.45, 2.75) is 0 Å². The highest BCUT2D eigenvalue weighted by Gasteiger charge is 1.92. The summed E-state index contributed by atoms with van der Waals surface area (Å²) < 4.78 is 5.01. The van der Waals surface area contributed by atoms with Crippen LogP contribution in [0.4, 0.5) is 0 Å². The molecule has 1 rings (SSSR count). The number of morpholine rings is 1. The average molecular weight is 89.1 g/mol. The van der Waals surface area contributed by atoms with Crippen LogP contribution in [0.15, 0.2) is 0 Å². The molecule has 0 aliphatic carbocycles. The molecular weight excluding hydrogens is 78.0 g/mol. The third-order valence-corrected chi connectivity index (χ3v) is 0.846. The van der Waals surface area contributed by atoms with Gasteiger partial charge in [-0.3, -0.25) is 0 Å². The average Bonchev–Trinajstić information content (AvgIpc) is 1.72. The predicted octanol–water partition coefficient (Wildman–Crippen LogP) is -0.148. The van der Waals surface area contributed by atoms with E-state index in [1.807, 2.05) is 0 Å². The second kappa shape index (κ2) is 2.16. The van der Waals surface area contributed by atoms with E-state index in [2.05, 4.69) is 5.32 Å². The van der Waals surface area contributed by atoms with Crippen molar-refractivity contribution in [1.29, 1.82) is 0 Å². The highest BCUT2D eigenvalue weighted by molar-refractivity contribution is 4.49. The van der Waals surface area contributed by atoms with E-state index in [0.29, 0.717) is 0 Å². The van der Waals surface area contributed by atoms with Crippen molar-refractivity contribution in [3.05, 3.63) is 0 Å². The third-order valence-electron chi connectivity index (χ3n) is 0.846. The van der Waals surface area contributed by atoms with E-state index in [0.717, 1.165) is 26.3 Å². The minimum absolute atomic E-state index is 0. The third kappa shape index (κ3) is 0.954. The van der Waals surface area contributed by atoms with Crippen molar-refractivity contribution in [2.24, 2.45) is 0 Å². The smallest absolute Gasteiger partial charge is 0.0591 e. The number of nitrogens with one attached hydrogen (secondary N) is 1. The van der Waals surface area contributed by atoms with Crippen molar-refractivity contribution in [2.75, 3.05) is 26.3 Å². The summed E-state index contributed by atoms with van der Waals surface area (Å²) in [7, 11) is 0. The van der Waals surface area contributed by atoms with Gasteiger partial charge >= 0.3 is 0 Å². The van der Waals surface area contributed by atoms with Gasteiger partial charge in [0.2, 0.25) is 0 Å². The van der Waals surface area contributed by atoms with Gasteiger partial charge < -0.3 is 10.1 Å². The molecule has 1 aliphatic rings. The van der Waals surface area contributed by atoms with E-state index >= 15 is 0 Å². The molecule has 0 aromatic heterocycles. The van der Waals surface area contributed by atoms with Crippen LogP contribution in [-0.4, -0.2) is 26.3 Å². The Balaban J connectivity index is 0.000000360. The fourth-order valence-electron chi connectivity index (χ4n) is 0.516. The minimum Gasteiger partial charge on any atom is -0.379 e. The van der Waals surface area contributed by atoms with Gasteiger partial charge in [-0.25, -0.2) is 0 Å². The standard InChI is InChI=1S/C4H9NO.H2/c1-3-6-4-2-5-1;/h5H,1-4H2;1H. The Morgan fingerprint density at radius 1 is 1.33 bits per heavy atom. The molecule has 38 valence electrons. The molecule has 0 spiro atoms. The van der Waals surface area contributed by atoms with Crippen LogP contribution in [0, 0.1) is 0 Å². The molecule has 0 atom stereocenters. The van der Waals surface area contributed by atoms with Crippen molar-refractivity contribution in [3.8, 4) is 0 Å². The summed E-state index contributed by atoms with van der Waals surface area (Å²) in [6.45, 7) is 3.83. The van der Waals surface area contributed by atoms with Gasteiger partial charge in [-0.1, -0.05) is 0 Å². The van der Waals surface area contributed by atoms with E-state index in [4.69, 9.17) is 4.74 Å². The molecule has 1 saturated heterocycles. The summed E-state index contributed by atoms with van der Waals surface area (Å²) in [6.07, 6.45) is 0. The molecule has 2 nitrogen and oxygen atoms in total. The molecule has 1 aliphatic heterocycles. The second-order valence-corrected chi connectivity index (χ2v) is 1.36. The van der Waals surface area contributed by atoms with Gasteiger partial charge in [0.15, 0.2) is 0 Å². The molecule has 1 heterocycles. The van der Waals surface area contributed by atoms with Gasteiger partial charge in [-0.15, -0.1) is 0 Å². The van der Waals surface area contributed by atoms with Gasteiger partial charge in [0, 0.05) is 14.5 Å². The lowest BCUT2D eigenvalue weighted by atomic mass is 10.5. The first-order valence-electron chi connectivity index (χ1n) is 2.28. The van der Waals surface area contributed by atoms with Crippen LogP contribution in [-0.2, 0) is 4.74 Å². The number of hydrogen-bond donors (Lipinski definition) is 1. The van der Waals surface area contributed by atoms with Crippen molar-refractivity contribution in [1.82, 2.24) is 5.32 Å². The molecule has 0 bridgehead atoms. The quantitative estimate of drug-likeness (QED) is 0.445. The van der Waals surface area contributed by atoms with Gasteiger partial charge in [0.25, 0.3) is 0 Å². The summed E-state index contributed by atoms with van der Waals surface area (Å²) in [4.78, 5) is 0. The van der Waals surface area contributed by atoms with Crippen molar-refractivity contribution < 1.29 is 6.16 Å².